The molecule has 0 bridgehead atoms. The number of hydrogen-bond acceptors (Lipinski definition) is 4. The van der Waals surface area contributed by atoms with E-state index in [-0.39, 0.29) is 22.7 Å². The number of Topliss-reactive ketones (excluding diaryl/α,β-unsaturated/α-hetero) is 1. The van der Waals surface area contributed by atoms with Crippen LogP contribution in [0, 0.1) is 0 Å². The number of halogens is 2. The summed E-state index contributed by atoms with van der Waals surface area (Å²) in [6.07, 6.45) is 0. The van der Waals surface area contributed by atoms with Gasteiger partial charge in [0.05, 0.1) is 21.4 Å². The predicted octanol–water partition coefficient (Wildman–Crippen LogP) is 7.07. The number of benzene rings is 4. The molecule has 1 amide bonds. The van der Waals surface area contributed by atoms with Crippen LogP contribution in [0.4, 0.5) is 5.69 Å². The summed E-state index contributed by atoms with van der Waals surface area (Å²) < 4.78 is 0. The number of thioether (sulfide) groups is 1. The summed E-state index contributed by atoms with van der Waals surface area (Å²) in [5.74, 6) is -1.44. The molecule has 0 spiro atoms. The molecule has 0 radical (unpaired) electrons. The number of amides is 1. The molecule has 0 saturated heterocycles. The van der Waals surface area contributed by atoms with Gasteiger partial charge in [0.1, 0.15) is 0 Å². The Bertz CT molecular complexity index is 1430. The van der Waals surface area contributed by atoms with Crippen LogP contribution in [-0.2, 0) is 0 Å². The molecule has 0 fully saturated rings. The molecule has 8 heteroatoms. The number of carbonyl (C=O) groups excluding carboxylic acids is 2. The molecule has 0 saturated carbocycles. The summed E-state index contributed by atoms with van der Waals surface area (Å²) in [5.41, 5.74) is 1.33. The Kier molecular flexibility index (Phi) is 7.22. The van der Waals surface area contributed by atoms with E-state index in [9.17, 15) is 19.5 Å². The van der Waals surface area contributed by atoms with E-state index in [4.69, 9.17) is 23.2 Å². The van der Waals surface area contributed by atoms with Crippen molar-refractivity contribution in [2.24, 2.45) is 0 Å². The first-order valence-corrected chi connectivity index (χ1v) is 11.8. The van der Waals surface area contributed by atoms with Crippen LogP contribution < -0.4 is 5.32 Å². The lowest BCUT2D eigenvalue weighted by Gasteiger charge is -2.11. The molecular formula is C26H17Cl2NO4S. The number of anilines is 1. The third-order valence-electron chi connectivity index (χ3n) is 5.08. The summed E-state index contributed by atoms with van der Waals surface area (Å²) in [5, 5.41) is 14.1. The van der Waals surface area contributed by atoms with Gasteiger partial charge in [-0.25, -0.2) is 4.79 Å². The molecule has 0 unspecified atom stereocenters. The Hall–Kier alpha value is -3.32. The molecule has 170 valence electrons. The highest BCUT2D eigenvalue weighted by atomic mass is 35.5. The van der Waals surface area contributed by atoms with Gasteiger partial charge in [0.2, 0.25) is 0 Å². The lowest BCUT2D eigenvalue weighted by Crippen LogP contribution is -2.13. The SMILES string of the molecule is O=C(CSc1cccc(NC(=O)c2cccc3cccc(C(=O)O)c23)c1)c1ccc(Cl)c(Cl)c1. The molecule has 4 rings (SSSR count). The van der Waals surface area contributed by atoms with Crippen molar-refractivity contribution in [3.63, 3.8) is 0 Å². The van der Waals surface area contributed by atoms with Crippen molar-refractivity contribution in [3.05, 3.63) is 106 Å². The fraction of sp³-hybridized carbons (Fsp3) is 0.0385. The molecule has 0 heterocycles. The van der Waals surface area contributed by atoms with E-state index >= 15 is 0 Å². The molecule has 4 aromatic carbocycles. The molecule has 0 aliphatic carbocycles. The maximum Gasteiger partial charge on any atom is 0.336 e. The minimum Gasteiger partial charge on any atom is -0.478 e. The van der Waals surface area contributed by atoms with E-state index < -0.39 is 11.9 Å². The van der Waals surface area contributed by atoms with Crippen molar-refractivity contribution in [2.75, 3.05) is 11.1 Å². The molecule has 2 N–H and O–H groups in total. The van der Waals surface area contributed by atoms with Gasteiger partial charge >= 0.3 is 5.97 Å². The summed E-state index contributed by atoms with van der Waals surface area (Å²) >= 11 is 13.2. The van der Waals surface area contributed by atoms with Crippen molar-refractivity contribution in [3.8, 4) is 0 Å². The normalized spacial score (nSPS) is 10.8. The van der Waals surface area contributed by atoms with E-state index in [0.29, 0.717) is 32.1 Å². The summed E-state index contributed by atoms with van der Waals surface area (Å²) in [7, 11) is 0. The number of nitrogens with one attached hydrogen (secondary N) is 1. The van der Waals surface area contributed by atoms with Crippen molar-refractivity contribution in [1.29, 1.82) is 0 Å². The molecule has 0 aromatic heterocycles. The second-order valence-corrected chi connectivity index (χ2v) is 9.20. The summed E-state index contributed by atoms with van der Waals surface area (Å²) in [4.78, 5) is 38.0. The smallest absolute Gasteiger partial charge is 0.336 e. The molecule has 5 nitrogen and oxygen atoms in total. The van der Waals surface area contributed by atoms with Crippen molar-refractivity contribution < 1.29 is 19.5 Å². The van der Waals surface area contributed by atoms with Crippen LogP contribution in [0.2, 0.25) is 10.0 Å². The monoisotopic (exact) mass is 509 g/mol. The van der Waals surface area contributed by atoms with Gasteiger partial charge in [-0.1, -0.05) is 53.5 Å². The lowest BCUT2D eigenvalue weighted by molar-refractivity contribution is 0.0698. The summed E-state index contributed by atoms with van der Waals surface area (Å²) in [6, 6.07) is 21.8. The highest BCUT2D eigenvalue weighted by Gasteiger charge is 2.17. The molecule has 0 aliphatic heterocycles. The van der Waals surface area contributed by atoms with Crippen molar-refractivity contribution in [1.82, 2.24) is 0 Å². The van der Waals surface area contributed by atoms with Crippen LogP contribution in [0.3, 0.4) is 0 Å². The number of rotatable bonds is 7. The Morgan fingerprint density at radius 3 is 2.24 bits per heavy atom. The second kappa shape index (κ2) is 10.3. The Morgan fingerprint density at radius 2 is 1.53 bits per heavy atom. The molecule has 4 aromatic rings. The van der Waals surface area contributed by atoms with E-state index in [2.05, 4.69) is 5.32 Å². The van der Waals surface area contributed by atoms with Crippen LogP contribution in [0.5, 0.6) is 0 Å². The first-order chi connectivity index (χ1) is 16.3. The van der Waals surface area contributed by atoms with Gasteiger partial charge in [-0.3, -0.25) is 9.59 Å². The van der Waals surface area contributed by atoms with Gasteiger partial charge < -0.3 is 10.4 Å². The minimum absolute atomic E-state index is 0.0633. The van der Waals surface area contributed by atoms with Gasteiger partial charge in [-0.2, -0.15) is 0 Å². The number of carboxylic acids is 1. The van der Waals surface area contributed by atoms with Crippen LogP contribution in [0.15, 0.2) is 83.8 Å². The maximum absolute atomic E-state index is 13.0. The maximum atomic E-state index is 13.0. The van der Waals surface area contributed by atoms with E-state index in [1.54, 1.807) is 66.7 Å². The summed E-state index contributed by atoms with van der Waals surface area (Å²) in [6.45, 7) is 0. The highest BCUT2D eigenvalue weighted by Crippen LogP contribution is 2.27. The van der Waals surface area contributed by atoms with Gasteiger partial charge in [-0.15, -0.1) is 11.8 Å². The Labute approximate surface area is 209 Å². The number of hydrogen-bond donors (Lipinski definition) is 2. The first kappa shape index (κ1) is 23.8. The number of fused-ring (bicyclic) bond motifs is 1. The van der Waals surface area contributed by atoms with Crippen molar-refractivity contribution >= 4 is 69.1 Å². The fourth-order valence-corrected chi connectivity index (χ4v) is 4.62. The third-order valence-corrected chi connectivity index (χ3v) is 6.82. The van der Waals surface area contributed by atoms with E-state index in [0.717, 1.165) is 4.90 Å². The van der Waals surface area contributed by atoms with Gasteiger partial charge in [-0.05, 0) is 53.9 Å². The Morgan fingerprint density at radius 1 is 0.824 bits per heavy atom. The van der Waals surface area contributed by atoms with Crippen LogP contribution in [-0.4, -0.2) is 28.5 Å². The van der Waals surface area contributed by atoms with Crippen molar-refractivity contribution in [2.45, 2.75) is 4.90 Å². The average Bonchev–Trinajstić information content (AvgIpc) is 2.83. The quantitative estimate of drug-likeness (QED) is 0.205. The zero-order valence-corrected chi connectivity index (χ0v) is 19.9. The van der Waals surface area contributed by atoms with Gasteiger partial charge in [0.25, 0.3) is 5.91 Å². The minimum atomic E-state index is -1.10. The predicted molar refractivity (Wildman–Crippen MR) is 137 cm³/mol. The van der Waals surface area contributed by atoms with E-state index in [1.165, 1.54) is 17.8 Å². The molecular weight excluding hydrogens is 493 g/mol. The zero-order valence-electron chi connectivity index (χ0n) is 17.5. The lowest BCUT2D eigenvalue weighted by atomic mass is 9.98. The first-order valence-electron chi connectivity index (χ1n) is 10.1. The average molecular weight is 510 g/mol. The number of carboxylic acid groups (broad SMARTS) is 1. The van der Waals surface area contributed by atoms with Crippen LogP contribution >= 0.6 is 35.0 Å². The topological polar surface area (TPSA) is 83.5 Å². The number of carbonyl (C=O) groups is 3. The largest absolute Gasteiger partial charge is 0.478 e. The van der Waals surface area contributed by atoms with Gasteiger partial charge in [0.15, 0.2) is 5.78 Å². The van der Waals surface area contributed by atoms with E-state index in [1.807, 2.05) is 6.07 Å². The molecule has 34 heavy (non-hydrogen) atoms. The number of ketones is 1. The third kappa shape index (κ3) is 5.25. The molecule has 0 aliphatic rings. The molecule has 0 atom stereocenters. The standard InChI is InChI=1S/C26H17Cl2NO4S/c27-21-11-10-16(12-22(21)28)23(30)14-34-18-7-3-6-17(13-18)29-25(31)19-8-1-4-15-5-2-9-20(24(15)19)26(32)33/h1-13H,14H2,(H,29,31)(H,32,33). The van der Waals surface area contributed by atoms with Gasteiger partial charge in [0, 0.05) is 27.1 Å². The van der Waals surface area contributed by atoms with Crippen LogP contribution in [0.1, 0.15) is 31.1 Å². The Balaban J connectivity index is 1.51. The zero-order chi connectivity index (χ0) is 24.2. The van der Waals surface area contributed by atoms with Crippen LogP contribution in [0.25, 0.3) is 10.8 Å². The highest BCUT2D eigenvalue weighted by molar-refractivity contribution is 8.00. The fourth-order valence-electron chi connectivity index (χ4n) is 3.47. The second-order valence-electron chi connectivity index (χ2n) is 7.34. The number of aromatic carboxylic acids is 1.